The van der Waals surface area contributed by atoms with Gasteiger partial charge in [-0.2, -0.15) is 5.26 Å². The van der Waals surface area contributed by atoms with Gasteiger partial charge >= 0.3 is 0 Å². The van der Waals surface area contributed by atoms with Crippen molar-refractivity contribution in [3.8, 4) is 6.07 Å². The van der Waals surface area contributed by atoms with Crippen LogP contribution in [-0.2, 0) is 4.79 Å². The van der Waals surface area contributed by atoms with Gasteiger partial charge in [0, 0.05) is 6.04 Å². The Hall–Kier alpha value is -1.04. The van der Waals surface area contributed by atoms with Crippen molar-refractivity contribution in [2.24, 2.45) is 11.8 Å². The van der Waals surface area contributed by atoms with E-state index >= 15 is 0 Å². The van der Waals surface area contributed by atoms with E-state index in [2.05, 4.69) is 5.32 Å². The largest absolute Gasteiger partial charge is 0.352 e. The van der Waals surface area contributed by atoms with Gasteiger partial charge in [-0.15, -0.1) is 0 Å². The lowest BCUT2D eigenvalue weighted by molar-refractivity contribution is -0.127. The number of hydrogen-bond donors (Lipinski definition) is 1. The zero-order valence-electron chi connectivity index (χ0n) is 6.79. The molecule has 1 heterocycles. The summed E-state index contributed by atoms with van der Waals surface area (Å²) >= 11 is 0. The molecule has 11 heavy (non-hydrogen) atoms. The molecule has 1 rings (SSSR count). The van der Waals surface area contributed by atoms with Gasteiger partial charge in [-0.25, -0.2) is 0 Å². The number of carbonyl (C=O) groups excluding carboxylic acids is 1. The van der Waals surface area contributed by atoms with Gasteiger partial charge < -0.3 is 5.32 Å². The van der Waals surface area contributed by atoms with Crippen molar-refractivity contribution < 1.29 is 4.79 Å². The summed E-state index contributed by atoms with van der Waals surface area (Å²) in [7, 11) is 0. The Morgan fingerprint density at radius 1 is 1.64 bits per heavy atom. The Labute approximate surface area is 66.4 Å². The zero-order valence-corrected chi connectivity index (χ0v) is 6.79. The van der Waals surface area contributed by atoms with Gasteiger partial charge in [-0.1, -0.05) is 6.92 Å². The topological polar surface area (TPSA) is 52.9 Å². The average molecular weight is 152 g/mol. The van der Waals surface area contributed by atoms with Crippen LogP contribution in [0.2, 0.25) is 0 Å². The van der Waals surface area contributed by atoms with Gasteiger partial charge in [-0.3, -0.25) is 4.79 Å². The van der Waals surface area contributed by atoms with Crippen molar-refractivity contribution in [3.05, 3.63) is 0 Å². The summed E-state index contributed by atoms with van der Waals surface area (Å²) < 4.78 is 0. The third kappa shape index (κ3) is 1.51. The smallest absolute Gasteiger partial charge is 0.237 e. The first-order valence-corrected chi connectivity index (χ1v) is 3.85. The molecule has 0 spiro atoms. The quantitative estimate of drug-likeness (QED) is 0.554. The summed E-state index contributed by atoms with van der Waals surface area (Å²) in [6.07, 6.45) is 0.907. The van der Waals surface area contributed by atoms with E-state index in [1.54, 1.807) is 0 Å². The molecule has 0 bridgehead atoms. The van der Waals surface area contributed by atoms with Crippen molar-refractivity contribution in [2.45, 2.75) is 26.3 Å². The molecule has 1 amide bonds. The lowest BCUT2D eigenvalue weighted by Gasteiger charge is -2.28. The molecule has 0 aromatic heterocycles. The summed E-state index contributed by atoms with van der Waals surface area (Å²) in [5, 5.41) is 11.4. The lowest BCUT2D eigenvalue weighted by atomic mass is 9.85. The van der Waals surface area contributed by atoms with Crippen LogP contribution < -0.4 is 5.32 Å². The Balaban J connectivity index is 2.69. The number of carbonyl (C=O) groups is 1. The van der Waals surface area contributed by atoms with Crippen molar-refractivity contribution in [2.75, 3.05) is 0 Å². The number of nitriles is 1. The molecule has 60 valence electrons. The SMILES string of the molecule is CC1CC(C)C(C#N)C(=O)N1. The fraction of sp³-hybridized carbons (Fsp3) is 0.750. The molecule has 0 saturated carbocycles. The van der Waals surface area contributed by atoms with Crippen molar-refractivity contribution in [1.29, 1.82) is 5.26 Å². The molecule has 0 radical (unpaired) electrons. The second kappa shape index (κ2) is 2.91. The van der Waals surface area contributed by atoms with Crippen molar-refractivity contribution in [3.63, 3.8) is 0 Å². The first kappa shape index (κ1) is 8.06. The molecule has 3 nitrogen and oxygen atoms in total. The van der Waals surface area contributed by atoms with E-state index in [1.807, 2.05) is 19.9 Å². The molecule has 1 saturated heterocycles. The van der Waals surface area contributed by atoms with Crippen LogP contribution in [0.5, 0.6) is 0 Å². The maximum absolute atomic E-state index is 11.1. The Morgan fingerprint density at radius 3 is 2.73 bits per heavy atom. The fourth-order valence-corrected chi connectivity index (χ4v) is 1.53. The van der Waals surface area contributed by atoms with Gasteiger partial charge in [0.15, 0.2) is 0 Å². The van der Waals surface area contributed by atoms with Gasteiger partial charge in [-0.05, 0) is 19.3 Å². The first-order chi connectivity index (χ1) is 5.15. The number of nitrogens with one attached hydrogen (secondary N) is 1. The van der Waals surface area contributed by atoms with Crippen LogP contribution in [0, 0.1) is 23.2 Å². The van der Waals surface area contributed by atoms with E-state index in [9.17, 15) is 4.79 Å². The molecule has 3 atom stereocenters. The highest BCUT2D eigenvalue weighted by Crippen LogP contribution is 2.21. The minimum Gasteiger partial charge on any atom is -0.352 e. The molecular weight excluding hydrogens is 140 g/mol. The second-order valence-electron chi connectivity index (χ2n) is 3.23. The number of nitrogens with zero attached hydrogens (tertiary/aromatic N) is 1. The van der Waals surface area contributed by atoms with Crippen molar-refractivity contribution >= 4 is 5.91 Å². The van der Waals surface area contributed by atoms with Crippen LogP contribution in [0.15, 0.2) is 0 Å². The molecule has 0 aromatic rings. The molecule has 0 aliphatic carbocycles. The van der Waals surface area contributed by atoms with Crippen LogP contribution >= 0.6 is 0 Å². The summed E-state index contributed by atoms with van der Waals surface area (Å²) in [6, 6.07) is 2.24. The van der Waals surface area contributed by atoms with Gasteiger partial charge in [0.2, 0.25) is 5.91 Å². The molecule has 0 aromatic carbocycles. The molecule has 3 heteroatoms. The highest BCUT2D eigenvalue weighted by molar-refractivity contribution is 5.82. The van der Waals surface area contributed by atoms with E-state index in [-0.39, 0.29) is 17.9 Å². The number of hydrogen-bond acceptors (Lipinski definition) is 2. The summed E-state index contributed by atoms with van der Waals surface area (Å²) in [6.45, 7) is 3.91. The van der Waals surface area contributed by atoms with Crippen molar-refractivity contribution in [1.82, 2.24) is 5.32 Å². The highest BCUT2D eigenvalue weighted by Gasteiger charge is 2.31. The summed E-state index contributed by atoms with van der Waals surface area (Å²) in [5.41, 5.74) is 0. The summed E-state index contributed by atoms with van der Waals surface area (Å²) in [4.78, 5) is 11.1. The monoisotopic (exact) mass is 152 g/mol. The van der Waals surface area contributed by atoms with E-state index in [0.29, 0.717) is 0 Å². The van der Waals surface area contributed by atoms with Crippen LogP contribution in [-0.4, -0.2) is 11.9 Å². The van der Waals surface area contributed by atoms with E-state index in [4.69, 9.17) is 5.26 Å². The third-order valence-corrected chi connectivity index (χ3v) is 2.10. The van der Waals surface area contributed by atoms with Gasteiger partial charge in [0.25, 0.3) is 0 Å². The Kier molecular flexibility index (Phi) is 2.13. The molecule has 1 fully saturated rings. The molecule has 3 unspecified atom stereocenters. The molecule has 1 N–H and O–H groups in total. The minimum atomic E-state index is -0.439. The van der Waals surface area contributed by atoms with Crippen LogP contribution in [0.25, 0.3) is 0 Å². The van der Waals surface area contributed by atoms with E-state index < -0.39 is 5.92 Å². The fourth-order valence-electron chi connectivity index (χ4n) is 1.53. The zero-order chi connectivity index (χ0) is 8.43. The second-order valence-corrected chi connectivity index (χ2v) is 3.23. The van der Waals surface area contributed by atoms with Gasteiger partial charge in [0.05, 0.1) is 6.07 Å². The molecule has 1 aliphatic rings. The molecule has 1 aliphatic heterocycles. The average Bonchev–Trinajstić information content (AvgIpc) is 1.85. The van der Waals surface area contributed by atoms with Crippen LogP contribution in [0.1, 0.15) is 20.3 Å². The van der Waals surface area contributed by atoms with E-state index in [1.165, 1.54) is 0 Å². The minimum absolute atomic E-state index is 0.112. The number of rotatable bonds is 0. The third-order valence-electron chi connectivity index (χ3n) is 2.10. The number of piperidine rings is 1. The summed E-state index contributed by atoms with van der Waals surface area (Å²) in [5.74, 6) is -0.353. The predicted octanol–water partition coefficient (Wildman–Crippen LogP) is 0.671. The number of amides is 1. The van der Waals surface area contributed by atoms with Crippen LogP contribution in [0.4, 0.5) is 0 Å². The van der Waals surface area contributed by atoms with Crippen LogP contribution in [0.3, 0.4) is 0 Å². The first-order valence-electron chi connectivity index (χ1n) is 3.85. The lowest BCUT2D eigenvalue weighted by Crippen LogP contribution is -2.45. The molecular formula is C8H12N2O. The highest BCUT2D eigenvalue weighted by atomic mass is 16.2. The maximum Gasteiger partial charge on any atom is 0.237 e. The Morgan fingerprint density at radius 2 is 2.27 bits per heavy atom. The van der Waals surface area contributed by atoms with Gasteiger partial charge in [0.1, 0.15) is 5.92 Å². The Bertz CT molecular complexity index is 207. The maximum atomic E-state index is 11.1. The van der Waals surface area contributed by atoms with E-state index in [0.717, 1.165) is 6.42 Å². The normalized spacial score (nSPS) is 37.5. The standard InChI is InChI=1S/C8H12N2O/c1-5-3-6(2)10-8(11)7(5)4-9/h5-7H,3H2,1-2H3,(H,10,11). The predicted molar refractivity (Wildman–Crippen MR) is 40.5 cm³/mol.